The second kappa shape index (κ2) is 6.00. The van der Waals surface area contributed by atoms with Crippen LogP contribution in [0.4, 0.5) is 0 Å². The predicted molar refractivity (Wildman–Crippen MR) is 77.0 cm³/mol. The zero-order valence-corrected chi connectivity index (χ0v) is 12.5. The maximum Gasteiger partial charge on any atom is 0.259 e. The number of pyridine rings is 1. The first-order valence-corrected chi connectivity index (χ1v) is 6.98. The number of nitrogens with zero attached hydrogens (tertiary/aromatic N) is 5. The third kappa shape index (κ3) is 2.59. The minimum Gasteiger partial charge on any atom is -0.481 e. The van der Waals surface area contributed by atoms with Crippen molar-refractivity contribution in [1.29, 1.82) is 0 Å². The van der Waals surface area contributed by atoms with E-state index in [1.54, 1.807) is 23.4 Å². The summed E-state index contributed by atoms with van der Waals surface area (Å²) in [6, 6.07) is 3.33. The Labute approximate surface area is 127 Å². The van der Waals surface area contributed by atoms with Gasteiger partial charge in [-0.05, 0) is 6.07 Å². The van der Waals surface area contributed by atoms with Crippen molar-refractivity contribution in [2.24, 2.45) is 0 Å². The van der Waals surface area contributed by atoms with Gasteiger partial charge in [0.25, 0.3) is 5.91 Å². The van der Waals surface area contributed by atoms with Gasteiger partial charge in [-0.25, -0.2) is 0 Å². The minimum absolute atomic E-state index is 0.106. The molecule has 0 saturated carbocycles. The SMILES string of the molecule is COc1ccc(C(=O)N2CCc3nncn3CC2)c(OC)n1. The number of aromatic nitrogens is 4. The van der Waals surface area contributed by atoms with E-state index in [4.69, 9.17) is 9.47 Å². The third-order valence-corrected chi connectivity index (χ3v) is 3.67. The lowest BCUT2D eigenvalue weighted by atomic mass is 10.2. The Hall–Kier alpha value is -2.64. The lowest BCUT2D eigenvalue weighted by Gasteiger charge is -2.21. The van der Waals surface area contributed by atoms with Crippen LogP contribution in [0.5, 0.6) is 11.8 Å². The Morgan fingerprint density at radius 3 is 2.82 bits per heavy atom. The normalized spacial score (nSPS) is 14.2. The molecule has 2 aromatic rings. The van der Waals surface area contributed by atoms with Crippen molar-refractivity contribution in [2.45, 2.75) is 13.0 Å². The van der Waals surface area contributed by atoms with Crippen LogP contribution in [0.3, 0.4) is 0 Å². The van der Waals surface area contributed by atoms with Crippen molar-refractivity contribution in [2.75, 3.05) is 27.3 Å². The molecule has 0 fully saturated rings. The van der Waals surface area contributed by atoms with E-state index < -0.39 is 0 Å². The number of carbonyl (C=O) groups excluding carboxylic acids is 1. The fourth-order valence-electron chi connectivity index (χ4n) is 2.46. The Morgan fingerprint density at radius 1 is 1.18 bits per heavy atom. The average Bonchev–Trinajstić information content (AvgIpc) is 2.92. The third-order valence-electron chi connectivity index (χ3n) is 3.67. The summed E-state index contributed by atoms with van der Waals surface area (Å²) in [5, 5.41) is 7.95. The molecule has 1 aliphatic rings. The van der Waals surface area contributed by atoms with Gasteiger partial charge in [-0.3, -0.25) is 4.79 Å². The summed E-state index contributed by atoms with van der Waals surface area (Å²) in [6.45, 7) is 1.87. The molecule has 2 aromatic heterocycles. The lowest BCUT2D eigenvalue weighted by molar-refractivity contribution is 0.0754. The van der Waals surface area contributed by atoms with Gasteiger partial charge in [0, 0.05) is 32.1 Å². The fraction of sp³-hybridized carbons (Fsp3) is 0.429. The van der Waals surface area contributed by atoms with Crippen molar-refractivity contribution in [3.05, 3.63) is 29.8 Å². The Kier molecular flexibility index (Phi) is 3.90. The van der Waals surface area contributed by atoms with Gasteiger partial charge in [0.2, 0.25) is 11.8 Å². The summed E-state index contributed by atoms with van der Waals surface area (Å²) in [4.78, 5) is 18.7. The van der Waals surface area contributed by atoms with E-state index in [2.05, 4.69) is 15.2 Å². The molecule has 0 bridgehead atoms. The molecule has 0 N–H and O–H groups in total. The number of amides is 1. The van der Waals surface area contributed by atoms with Crippen molar-refractivity contribution in [1.82, 2.24) is 24.6 Å². The number of hydrogen-bond donors (Lipinski definition) is 0. The van der Waals surface area contributed by atoms with Gasteiger partial charge in [0.15, 0.2) is 0 Å². The Balaban J connectivity index is 1.81. The highest BCUT2D eigenvalue weighted by molar-refractivity contribution is 5.96. The molecule has 0 unspecified atom stereocenters. The molecule has 0 atom stereocenters. The molecule has 3 heterocycles. The smallest absolute Gasteiger partial charge is 0.259 e. The highest BCUT2D eigenvalue weighted by Crippen LogP contribution is 2.22. The van der Waals surface area contributed by atoms with Crippen molar-refractivity contribution >= 4 is 5.91 Å². The first kappa shape index (κ1) is 14.3. The second-order valence-corrected chi connectivity index (χ2v) is 4.89. The van der Waals surface area contributed by atoms with Crippen molar-refractivity contribution in [3.63, 3.8) is 0 Å². The van der Waals surface area contributed by atoms with Crippen molar-refractivity contribution in [3.8, 4) is 11.8 Å². The first-order chi connectivity index (χ1) is 10.7. The number of fused-ring (bicyclic) bond motifs is 1. The molecule has 0 aliphatic carbocycles. The molecular weight excluding hydrogens is 286 g/mol. The number of rotatable bonds is 3. The highest BCUT2D eigenvalue weighted by atomic mass is 16.5. The van der Waals surface area contributed by atoms with E-state index in [0.717, 1.165) is 5.82 Å². The standard InChI is InChI=1S/C14H17N5O3/c1-21-12-4-3-10(13(16-12)22-2)14(20)18-6-5-11-17-15-9-19(11)8-7-18/h3-4,9H,5-8H2,1-2H3. The van der Waals surface area contributed by atoms with E-state index in [0.29, 0.717) is 37.5 Å². The number of ether oxygens (including phenoxy) is 2. The van der Waals surface area contributed by atoms with Crippen LogP contribution >= 0.6 is 0 Å². The quantitative estimate of drug-likeness (QED) is 0.815. The maximum absolute atomic E-state index is 12.7. The van der Waals surface area contributed by atoms with Crippen LogP contribution in [0.15, 0.2) is 18.5 Å². The highest BCUT2D eigenvalue weighted by Gasteiger charge is 2.23. The molecule has 22 heavy (non-hydrogen) atoms. The van der Waals surface area contributed by atoms with Gasteiger partial charge in [0.1, 0.15) is 17.7 Å². The van der Waals surface area contributed by atoms with Crippen LogP contribution < -0.4 is 9.47 Å². The van der Waals surface area contributed by atoms with Gasteiger partial charge < -0.3 is 18.9 Å². The van der Waals surface area contributed by atoms with Crippen molar-refractivity contribution < 1.29 is 14.3 Å². The Morgan fingerprint density at radius 2 is 2.05 bits per heavy atom. The molecule has 0 spiro atoms. The molecule has 116 valence electrons. The van der Waals surface area contributed by atoms with Gasteiger partial charge in [-0.15, -0.1) is 10.2 Å². The van der Waals surface area contributed by atoms with Gasteiger partial charge >= 0.3 is 0 Å². The van der Waals surface area contributed by atoms with Crippen LogP contribution in [0, 0.1) is 0 Å². The zero-order valence-electron chi connectivity index (χ0n) is 12.5. The molecule has 3 rings (SSSR count). The zero-order chi connectivity index (χ0) is 15.5. The van der Waals surface area contributed by atoms with Gasteiger partial charge in [-0.2, -0.15) is 4.98 Å². The Bertz CT molecular complexity index is 662. The van der Waals surface area contributed by atoms with E-state index in [1.165, 1.54) is 14.2 Å². The fourth-order valence-corrected chi connectivity index (χ4v) is 2.46. The lowest BCUT2D eigenvalue weighted by Crippen LogP contribution is -2.34. The molecule has 0 radical (unpaired) electrons. The predicted octanol–water partition coefficient (Wildman–Crippen LogP) is 0.389. The van der Waals surface area contributed by atoms with E-state index in [1.807, 2.05) is 4.57 Å². The largest absolute Gasteiger partial charge is 0.481 e. The summed E-state index contributed by atoms with van der Waals surface area (Å²) in [5.41, 5.74) is 0.431. The maximum atomic E-state index is 12.7. The average molecular weight is 303 g/mol. The first-order valence-electron chi connectivity index (χ1n) is 6.98. The molecule has 8 nitrogen and oxygen atoms in total. The summed E-state index contributed by atoms with van der Waals surface area (Å²) >= 11 is 0. The molecule has 0 saturated heterocycles. The van der Waals surface area contributed by atoms with E-state index >= 15 is 0 Å². The summed E-state index contributed by atoms with van der Waals surface area (Å²) < 4.78 is 12.2. The second-order valence-electron chi connectivity index (χ2n) is 4.89. The van der Waals surface area contributed by atoms with Crippen LogP contribution in [0.1, 0.15) is 16.2 Å². The summed E-state index contributed by atoms with van der Waals surface area (Å²) in [7, 11) is 3.01. The number of hydrogen-bond acceptors (Lipinski definition) is 6. The molecule has 0 aromatic carbocycles. The van der Waals surface area contributed by atoms with E-state index in [9.17, 15) is 4.79 Å². The number of methoxy groups -OCH3 is 2. The summed E-state index contributed by atoms with van der Waals surface area (Å²) in [5.74, 6) is 1.48. The minimum atomic E-state index is -0.106. The van der Waals surface area contributed by atoms with Crippen LogP contribution in [0.25, 0.3) is 0 Å². The van der Waals surface area contributed by atoms with Crippen LogP contribution in [-0.4, -0.2) is 57.9 Å². The molecule has 1 aliphatic heterocycles. The van der Waals surface area contributed by atoms with Gasteiger partial charge in [0.05, 0.1) is 14.2 Å². The van der Waals surface area contributed by atoms with Crippen LogP contribution in [0.2, 0.25) is 0 Å². The molecular formula is C14H17N5O3. The van der Waals surface area contributed by atoms with Gasteiger partial charge in [-0.1, -0.05) is 0 Å². The topological polar surface area (TPSA) is 82.4 Å². The summed E-state index contributed by atoms with van der Waals surface area (Å²) in [6.07, 6.45) is 2.37. The monoisotopic (exact) mass is 303 g/mol. The number of carbonyl (C=O) groups is 1. The van der Waals surface area contributed by atoms with Crippen LogP contribution in [-0.2, 0) is 13.0 Å². The molecule has 8 heteroatoms. The van der Waals surface area contributed by atoms with E-state index in [-0.39, 0.29) is 11.8 Å². The molecule has 1 amide bonds.